The molecule has 216 valence electrons. The van der Waals surface area contributed by atoms with E-state index in [-0.39, 0.29) is 12.5 Å². The molecule has 43 heavy (non-hydrogen) atoms. The van der Waals surface area contributed by atoms with Crippen LogP contribution in [-0.2, 0) is 25.6 Å². The van der Waals surface area contributed by atoms with E-state index in [4.69, 9.17) is 5.73 Å². The standard InChI is InChI=1S/C36H30F3N3O/c37-36(38,39)28-11-4-7-24(19-28)22-41-35(43)27-10-3-6-23(18-27)20-34-31(16-17-40)32-21-26(14-15-33(32)42-34)30-13-5-9-25-8-1-2-12-29(25)30/h1-15,18-19,21,42H,16-17,20,22,40H2,(H,41,43). The number of rotatable bonds is 8. The molecule has 4 N–H and O–H groups in total. The van der Waals surface area contributed by atoms with Crippen LogP contribution in [0.5, 0.6) is 0 Å². The van der Waals surface area contributed by atoms with Crippen molar-refractivity contribution in [1.29, 1.82) is 0 Å². The topological polar surface area (TPSA) is 70.9 Å². The third-order valence-electron chi connectivity index (χ3n) is 7.77. The third-order valence-corrected chi connectivity index (χ3v) is 7.77. The third kappa shape index (κ3) is 6.03. The normalized spacial score (nSPS) is 11.7. The Balaban J connectivity index is 1.25. The van der Waals surface area contributed by atoms with Crippen LogP contribution in [-0.4, -0.2) is 17.4 Å². The van der Waals surface area contributed by atoms with Crippen LogP contribution in [0.15, 0.2) is 109 Å². The first-order valence-electron chi connectivity index (χ1n) is 14.1. The van der Waals surface area contributed by atoms with Crippen molar-refractivity contribution in [2.24, 2.45) is 5.73 Å². The van der Waals surface area contributed by atoms with E-state index in [0.717, 1.165) is 45.4 Å². The summed E-state index contributed by atoms with van der Waals surface area (Å²) in [7, 11) is 0. The first kappa shape index (κ1) is 28.2. The van der Waals surface area contributed by atoms with Crippen molar-refractivity contribution in [3.63, 3.8) is 0 Å². The number of hydrogen-bond donors (Lipinski definition) is 3. The first-order valence-corrected chi connectivity index (χ1v) is 14.1. The highest BCUT2D eigenvalue weighted by molar-refractivity contribution is 5.99. The van der Waals surface area contributed by atoms with Gasteiger partial charge in [-0.05, 0) is 88.0 Å². The lowest BCUT2D eigenvalue weighted by Gasteiger charge is -2.10. The van der Waals surface area contributed by atoms with E-state index < -0.39 is 11.7 Å². The maximum absolute atomic E-state index is 13.1. The molecule has 0 aliphatic rings. The molecule has 6 rings (SSSR count). The van der Waals surface area contributed by atoms with E-state index in [0.29, 0.717) is 30.5 Å². The second-order valence-electron chi connectivity index (χ2n) is 10.7. The average Bonchev–Trinajstić information content (AvgIpc) is 3.35. The minimum Gasteiger partial charge on any atom is -0.358 e. The summed E-state index contributed by atoms with van der Waals surface area (Å²) < 4.78 is 39.2. The van der Waals surface area contributed by atoms with E-state index in [9.17, 15) is 18.0 Å². The lowest BCUT2D eigenvalue weighted by molar-refractivity contribution is -0.137. The SMILES string of the molecule is NCCc1c(Cc2cccc(C(=O)NCc3cccc(C(F)(F)F)c3)c2)[nH]c2ccc(-c3cccc4ccccc34)cc12. The van der Waals surface area contributed by atoms with E-state index in [1.807, 2.05) is 24.3 Å². The number of halogens is 3. The van der Waals surface area contributed by atoms with Crippen LogP contribution in [0.3, 0.4) is 0 Å². The molecule has 0 saturated heterocycles. The lowest BCUT2D eigenvalue weighted by Crippen LogP contribution is -2.23. The number of benzene rings is 5. The minimum absolute atomic E-state index is 0.00528. The van der Waals surface area contributed by atoms with Gasteiger partial charge < -0.3 is 16.0 Å². The summed E-state index contributed by atoms with van der Waals surface area (Å²) in [6.07, 6.45) is -3.16. The zero-order chi connectivity index (χ0) is 30.0. The van der Waals surface area contributed by atoms with Crippen molar-refractivity contribution in [3.8, 4) is 11.1 Å². The maximum Gasteiger partial charge on any atom is 0.416 e. The molecular weight excluding hydrogens is 547 g/mol. The first-order chi connectivity index (χ1) is 20.8. The predicted octanol–water partition coefficient (Wildman–Crippen LogP) is 8.03. The van der Waals surface area contributed by atoms with Crippen LogP contribution in [0.4, 0.5) is 13.2 Å². The van der Waals surface area contributed by atoms with Crippen molar-refractivity contribution in [2.75, 3.05) is 6.54 Å². The number of nitrogens with one attached hydrogen (secondary N) is 2. The molecule has 0 bridgehead atoms. The van der Waals surface area contributed by atoms with Crippen LogP contribution in [0, 0.1) is 0 Å². The van der Waals surface area contributed by atoms with Crippen molar-refractivity contribution in [3.05, 3.63) is 143 Å². The average molecular weight is 578 g/mol. The molecule has 1 heterocycles. The number of nitrogens with two attached hydrogens (primary N) is 1. The van der Waals surface area contributed by atoms with E-state index in [1.165, 1.54) is 22.4 Å². The molecule has 4 nitrogen and oxygen atoms in total. The van der Waals surface area contributed by atoms with Gasteiger partial charge in [-0.15, -0.1) is 0 Å². The van der Waals surface area contributed by atoms with Crippen LogP contribution in [0.2, 0.25) is 0 Å². The monoisotopic (exact) mass is 577 g/mol. The van der Waals surface area contributed by atoms with Crippen molar-refractivity contribution >= 4 is 27.6 Å². The summed E-state index contributed by atoms with van der Waals surface area (Å²) in [4.78, 5) is 16.5. The Hall–Kier alpha value is -4.88. The maximum atomic E-state index is 13.1. The molecule has 7 heteroatoms. The highest BCUT2D eigenvalue weighted by atomic mass is 19.4. The van der Waals surface area contributed by atoms with Gasteiger partial charge in [0.15, 0.2) is 0 Å². The fraction of sp³-hybridized carbons (Fsp3) is 0.139. The van der Waals surface area contributed by atoms with Crippen molar-refractivity contribution in [2.45, 2.75) is 25.6 Å². The van der Waals surface area contributed by atoms with Gasteiger partial charge in [-0.25, -0.2) is 0 Å². The molecule has 0 radical (unpaired) electrons. The Morgan fingerprint density at radius 1 is 0.791 bits per heavy atom. The van der Waals surface area contributed by atoms with E-state index in [1.54, 1.807) is 12.1 Å². The second-order valence-corrected chi connectivity index (χ2v) is 10.7. The Morgan fingerprint density at radius 3 is 2.40 bits per heavy atom. The van der Waals surface area contributed by atoms with Gasteiger partial charge in [0.1, 0.15) is 0 Å². The van der Waals surface area contributed by atoms with E-state index >= 15 is 0 Å². The van der Waals surface area contributed by atoms with Gasteiger partial charge in [-0.1, -0.05) is 72.8 Å². The van der Waals surface area contributed by atoms with Gasteiger partial charge in [-0.2, -0.15) is 13.2 Å². The molecule has 5 aromatic carbocycles. The van der Waals surface area contributed by atoms with Crippen LogP contribution >= 0.6 is 0 Å². The number of carbonyl (C=O) groups excluding carboxylic acids is 1. The molecule has 0 aliphatic carbocycles. The van der Waals surface area contributed by atoms with Crippen molar-refractivity contribution < 1.29 is 18.0 Å². The number of carbonyl (C=O) groups is 1. The summed E-state index contributed by atoms with van der Waals surface area (Å²) in [5, 5.41) is 6.26. The number of amides is 1. The molecular formula is C36H30F3N3O. The number of alkyl halides is 3. The highest BCUT2D eigenvalue weighted by Gasteiger charge is 2.30. The number of aromatic amines is 1. The molecule has 6 aromatic rings. The van der Waals surface area contributed by atoms with Gasteiger partial charge in [0, 0.05) is 35.1 Å². The Labute approximate surface area is 247 Å². The summed E-state index contributed by atoms with van der Waals surface area (Å²) in [5.41, 5.74) is 12.6. The summed E-state index contributed by atoms with van der Waals surface area (Å²) in [5.74, 6) is -0.349. The molecule has 0 saturated carbocycles. The molecule has 1 amide bonds. The van der Waals surface area contributed by atoms with Gasteiger partial charge in [0.25, 0.3) is 5.91 Å². The van der Waals surface area contributed by atoms with Gasteiger partial charge in [0.05, 0.1) is 5.56 Å². The van der Waals surface area contributed by atoms with Gasteiger partial charge in [-0.3, -0.25) is 4.79 Å². The Bertz CT molecular complexity index is 1940. The fourth-order valence-electron chi connectivity index (χ4n) is 5.70. The zero-order valence-electron chi connectivity index (χ0n) is 23.3. The number of fused-ring (bicyclic) bond motifs is 2. The van der Waals surface area contributed by atoms with Gasteiger partial charge in [0.2, 0.25) is 0 Å². The lowest BCUT2D eigenvalue weighted by atomic mass is 9.95. The number of hydrogen-bond acceptors (Lipinski definition) is 2. The predicted molar refractivity (Wildman–Crippen MR) is 166 cm³/mol. The molecule has 0 unspecified atom stereocenters. The Kier molecular flexibility index (Phi) is 7.74. The molecule has 0 atom stereocenters. The smallest absolute Gasteiger partial charge is 0.358 e. The Morgan fingerprint density at radius 2 is 1.56 bits per heavy atom. The highest BCUT2D eigenvalue weighted by Crippen LogP contribution is 2.34. The molecule has 0 spiro atoms. The fourth-order valence-corrected chi connectivity index (χ4v) is 5.70. The number of H-pyrrole nitrogens is 1. The quantitative estimate of drug-likeness (QED) is 0.171. The van der Waals surface area contributed by atoms with Crippen LogP contribution < -0.4 is 11.1 Å². The summed E-state index contributed by atoms with van der Waals surface area (Å²) in [6.45, 7) is 0.491. The van der Waals surface area contributed by atoms with Crippen LogP contribution in [0.1, 0.15) is 38.3 Å². The van der Waals surface area contributed by atoms with Crippen LogP contribution in [0.25, 0.3) is 32.8 Å². The van der Waals surface area contributed by atoms with Gasteiger partial charge >= 0.3 is 6.18 Å². The van der Waals surface area contributed by atoms with E-state index in [2.05, 4.69) is 64.9 Å². The molecule has 0 aliphatic heterocycles. The molecule has 1 aromatic heterocycles. The largest absolute Gasteiger partial charge is 0.416 e. The minimum atomic E-state index is -4.43. The van der Waals surface area contributed by atoms with Crippen molar-refractivity contribution in [1.82, 2.24) is 10.3 Å². The zero-order valence-corrected chi connectivity index (χ0v) is 23.3. The second kappa shape index (κ2) is 11.8. The molecule has 0 fully saturated rings. The number of aromatic nitrogens is 1. The summed E-state index contributed by atoms with van der Waals surface area (Å²) >= 11 is 0. The summed E-state index contributed by atoms with van der Waals surface area (Å²) in [6, 6.07) is 33.4.